The summed E-state index contributed by atoms with van der Waals surface area (Å²) in [5, 5.41) is 13.9. The van der Waals surface area contributed by atoms with Crippen molar-refractivity contribution < 1.29 is 22.7 Å². The summed E-state index contributed by atoms with van der Waals surface area (Å²) in [5.74, 6) is 0.742. The second-order valence-corrected chi connectivity index (χ2v) is 9.05. The van der Waals surface area contributed by atoms with E-state index in [1.165, 1.54) is 26.2 Å². The third kappa shape index (κ3) is 6.42. The van der Waals surface area contributed by atoms with Crippen LogP contribution in [0.15, 0.2) is 45.0 Å². The minimum absolute atomic E-state index is 0.343. The number of isocyanates is 1. The summed E-state index contributed by atoms with van der Waals surface area (Å²) in [6.07, 6.45) is 2.82. The summed E-state index contributed by atoms with van der Waals surface area (Å²) in [6.45, 7) is 11.4. The lowest BCUT2D eigenvalue weighted by Crippen LogP contribution is -2.15. The van der Waals surface area contributed by atoms with Gasteiger partial charge >= 0.3 is 0 Å². The van der Waals surface area contributed by atoms with Crippen molar-refractivity contribution >= 4 is 21.8 Å². The average Bonchev–Trinajstić information content (AvgIpc) is 3.06. The Morgan fingerprint density at radius 1 is 1.14 bits per heavy atom. The predicted molar refractivity (Wildman–Crippen MR) is 108 cm³/mol. The summed E-state index contributed by atoms with van der Waals surface area (Å²) >= 11 is 0. The molecule has 0 saturated heterocycles. The number of sulfonamides is 1. The zero-order chi connectivity index (χ0) is 21.7. The Kier molecular flexibility index (Phi) is 7.90. The van der Waals surface area contributed by atoms with Crippen LogP contribution < -0.4 is 5.14 Å². The molecule has 3 N–H and O–H groups in total. The lowest BCUT2D eigenvalue weighted by molar-refractivity contribution is 0.0779. The fourth-order valence-electron chi connectivity index (χ4n) is 2.47. The summed E-state index contributed by atoms with van der Waals surface area (Å²) in [5.41, 5.74) is 2.27. The summed E-state index contributed by atoms with van der Waals surface area (Å²) in [4.78, 5) is 14.3. The lowest BCUT2D eigenvalue weighted by atomic mass is 9.93. The standard InChI is InChI=1S/C13H17NO.C7H11NO4S/c1-9(2)11-6-5-7-12(10(3)4)13(11)14-8-15;1-7(2,9)5-3-6(12-4-5)13(8,10)11/h5-7,9-10H,1-4H3;3-4,9H,1-2H3,(H2,8,10,11). The molecule has 0 radical (unpaired) electrons. The number of nitrogens with zero attached hydrogens (tertiary/aromatic N) is 1. The number of para-hydroxylation sites is 1. The van der Waals surface area contributed by atoms with Crippen molar-refractivity contribution in [1.82, 2.24) is 0 Å². The van der Waals surface area contributed by atoms with Gasteiger partial charge in [-0.25, -0.2) is 18.4 Å². The molecule has 0 saturated carbocycles. The van der Waals surface area contributed by atoms with Gasteiger partial charge in [0.15, 0.2) is 0 Å². The number of rotatable bonds is 5. The molecule has 0 unspecified atom stereocenters. The Morgan fingerprint density at radius 2 is 1.64 bits per heavy atom. The van der Waals surface area contributed by atoms with Gasteiger partial charge in [-0.1, -0.05) is 45.9 Å². The molecule has 1 aromatic carbocycles. The number of benzene rings is 1. The van der Waals surface area contributed by atoms with Gasteiger partial charge in [0.1, 0.15) is 0 Å². The molecule has 1 aromatic heterocycles. The molecule has 0 spiro atoms. The van der Waals surface area contributed by atoms with E-state index in [1.807, 2.05) is 18.2 Å². The van der Waals surface area contributed by atoms with Crippen molar-refractivity contribution in [2.24, 2.45) is 10.1 Å². The van der Waals surface area contributed by atoms with Gasteiger partial charge in [0.05, 0.1) is 17.6 Å². The summed E-state index contributed by atoms with van der Waals surface area (Å²) in [6, 6.07) is 7.27. The first-order chi connectivity index (χ1) is 12.8. The molecular weight excluding hydrogens is 380 g/mol. The van der Waals surface area contributed by atoms with Crippen LogP contribution >= 0.6 is 0 Å². The van der Waals surface area contributed by atoms with E-state index in [4.69, 9.17) is 5.14 Å². The van der Waals surface area contributed by atoms with E-state index >= 15 is 0 Å². The second kappa shape index (κ2) is 9.30. The first-order valence-electron chi connectivity index (χ1n) is 8.83. The maximum absolute atomic E-state index is 10.8. The average molecular weight is 409 g/mol. The zero-order valence-corrected chi connectivity index (χ0v) is 17.9. The number of aliphatic imine (C=N–C) groups is 1. The normalized spacial score (nSPS) is 11.8. The topological polar surface area (TPSA) is 123 Å². The first-order valence-corrected chi connectivity index (χ1v) is 10.4. The predicted octanol–water partition coefficient (Wildman–Crippen LogP) is 4.06. The Balaban J connectivity index is 0.000000283. The number of aliphatic hydroxyl groups is 1. The molecule has 0 amide bonds. The van der Waals surface area contributed by atoms with E-state index < -0.39 is 15.6 Å². The molecule has 2 rings (SSSR count). The SMILES string of the molecule is CC(C)(O)c1coc(S(N)(=O)=O)c1.CC(C)c1cccc(C(C)C)c1N=C=O. The molecular formula is C20H28N2O5S. The Labute approximate surface area is 166 Å². The van der Waals surface area contributed by atoms with Gasteiger partial charge in [-0.3, -0.25) is 0 Å². The van der Waals surface area contributed by atoms with Gasteiger partial charge in [0.25, 0.3) is 10.0 Å². The van der Waals surface area contributed by atoms with Crippen molar-refractivity contribution in [2.75, 3.05) is 0 Å². The van der Waals surface area contributed by atoms with Crippen LogP contribution in [-0.4, -0.2) is 19.6 Å². The van der Waals surface area contributed by atoms with Crippen LogP contribution in [0, 0.1) is 0 Å². The van der Waals surface area contributed by atoms with Crippen molar-refractivity contribution in [3.63, 3.8) is 0 Å². The molecule has 0 fully saturated rings. The van der Waals surface area contributed by atoms with E-state index in [1.54, 1.807) is 6.08 Å². The number of hydrogen-bond donors (Lipinski definition) is 2. The van der Waals surface area contributed by atoms with Crippen molar-refractivity contribution in [3.8, 4) is 0 Å². The number of nitrogens with two attached hydrogens (primary N) is 1. The van der Waals surface area contributed by atoms with Gasteiger partial charge in [-0.15, -0.1) is 0 Å². The summed E-state index contributed by atoms with van der Waals surface area (Å²) < 4.78 is 26.2. The Hall–Kier alpha value is -2.25. The van der Waals surface area contributed by atoms with Crippen LogP contribution in [0.2, 0.25) is 0 Å². The molecule has 1 heterocycles. The molecule has 28 heavy (non-hydrogen) atoms. The largest absolute Gasteiger partial charge is 0.451 e. The maximum Gasteiger partial charge on any atom is 0.271 e. The fourth-order valence-corrected chi connectivity index (χ4v) is 2.95. The highest BCUT2D eigenvalue weighted by Crippen LogP contribution is 2.34. The van der Waals surface area contributed by atoms with E-state index in [0.717, 1.165) is 16.8 Å². The molecule has 0 aliphatic heterocycles. The molecule has 0 bridgehead atoms. The van der Waals surface area contributed by atoms with Crippen LogP contribution in [0.5, 0.6) is 0 Å². The van der Waals surface area contributed by atoms with Gasteiger partial charge in [-0.2, -0.15) is 4.99 Å². The molecule has 0 atom stereocenters. The van der Waals surface area contributed by atoms with E-state index in [-0.39, 0.29) is 5.09 Å². The van der Waals surface area contributed by atoms with Gasteiger partial charge in [0, 0.05) is 11.6 Å². The number of hydrogen-bond acceptors (Lipinski definition) is 6. The second-order valence-electron chi connectivity index (χ2n) is 7.56. The summed E-state index contributed by atoms with van der Waals surface area (Å²) in [7, 11) is -3.82. The van der Waals surface area contributed by atoms with Crippen molar-refractivity contribution in [2.45, 2.75) is 64.1 Å². The Morgan fingerprint density at radius 3 is 1.93 bits per heavy atom. The van der Waals surface area contributed by atoms with E-state index in [2.05, 4.69) is 37.1 Å². The molecule has 8 heteroatoms. The number of furan rings is 1. The zero-order valence-electron chi connectivity index (χ0n) is 17.1. The van der Waals surface area contributed by atoms with E-state index in [9.17, 15) is 18.3 Å². The molecule has 2 aromatic rings. The Bertz CT molecular complexity index is 921. The minimum Gasteiger partial charge on any atom is -0.451 e. The third-order valence-corrected chi connectivity index (χ3v) is 4.84. The highest BCUT2D eigenvalue weighted by atomic mass is 32.2. The highest BCUT2D eigenvalue weighted by Gasteiger charge is 2.22. The van der Waals surface area contributed by atoms with Crippen molar-refractivity contribution in [3.05, 3.63) is 47.2 Å². The van der Waals surface area contributed by atoms with Crippen LogP contribution in [0.25, 0.3) is 0 Å². The smallest absolute Gasteiger partial charge is 0.271 e. The maximum atomic E-state index is 10.8. The first kappa shape index (κ1) is 23.8. The van der Waals surface area contributed by atoms with Gasteiger partial charge in [-0.05, 0) is 36.8 Å². The van der Waals surface area contributed by atoms with Crippen molar-refractivity contribution in [1.29, 1.82) is 0 Å². The minimum atomic E-state index is -3.82. The molecule has 0 aliphatic carbocycles. The van der Waals surface area contributed by atoms with Gasteiger partial charge < -0.3 is 9.52 Å². The van der Waals surface area contributed by atoms with Crippen LogP contribution in [0.1, 0.15) is 70.1 Å². The van der Waals surface area contributed by atoms with Crippen LogP contribution in [0.4, 0.5) is 5.69 Å². The fraction of sp³-hybridized carbons (Fsp3) is 0.450. The number of carbonyl (C=O) groups excluding carboxylic acids is 1. The quantitative estimate of drug-likeness (QED) is 0.570. The third-order valence-electron chi connectivity index (χ3n) is 4.06. The molecule has 0 aliphatic rings. The molecule has 7 nitrogen and oxygen atoms in total. The molecule has 154 valence electrons. The monoisotopic (exact) mass is 408 g/mol. The highest BCUT2D eigenvalue weighted by molar-refractivity contribution is 7.89. The lowest BCUT2D eigenvalue weighted by Gasteiger charge is -2.14. The number of primary sulfonamides is 1. The van der Waals surface area contributed by atoms with Crippen LogP contribution in [-0.2, 0) is 20.4 Å². The van der Waals surface area contributed by atoms with E-state index in [0.29, 0.717) is 17.4 Å². The van der Waals surface area contributed by atoms with Crippen LogP contribution in [0.3, 0.4) is 0 Å². The van der Waals surface area contributed by atoms with Gasteiger partial charge in [0.2, 0.25) is 11.2 Å².